The van der Waals surface area contributed by atoms with Gasteiger partial charge in [0.1, 0.15) is 25.1 Å². The molecule has 0 saturated carbocycles. The number of amides is 1. The first-order valence-corrected chi connectivity index (χ1v) is 10.5. The van der Waals surface area contributed by atoms with Gasteiger partial charge in [-0.15, -0.1) is 0 Å². The Morgan fingerprint density at radius 2 is 1.77 bits per heavy atom. The molecular weight excluding hydrogens is 394 g/mol. The number of nitrogens with zero attached hydrogens (tertiary/aromatic N) is 2. The summed E-state index contributed by atoms with van der Waals surface area (Å²) in [5.74, 6) is 1.79. The molecule has 31 heavy (non-hydrogen) atoms. The molecule has 0 saturated heterocycles. The predicted octanol–water partition coefficient (Wildman–Crippen LogP) is 3.55. The minimum atomic E-state index is -0.705. The highest BCUT2D eigenvalue weighted by molar-refractivity contribution is 5.82. The summed E-state index contributed by atoms with van der Waals surface area (Å²) in [5.41, 5.74) is 1.34. The highest BCUT2D eigenvalue weighted by Crippen LogP contribution is 2.34. The van der Waals surface area contributed by atoms with Crippen molar-refractivity contribution in [3.63, 3.8) is 0 Å². The van der Waals surface area contributed by atoms with Crippen LogP contribution in [0, 0.1) is 12.8 Å². The molecule has 2 heterocycles. The largest absolute Gasteiger partial charge is 0.486 e. The molecule has 162 valence electrons. The molecule has 3 aromatic rings. The van der Waals surface area contributed by atoms with Gasteiger partial charge in [-0.1, -0.05) is 32.0 Å². The van der Waals surface area contributed by atoms with Crippen LogP contribution in [0.25, 0.3) is 10.9 Å². The van der Waals surface area contributed by atoms with Crippen LogP contribution in [0.15, 0.2) is 47.3 Å². The Kier molecular flexibility index (Phi) is 5.67. The van der Waals surface area contributed by atoms with Crippen LogP contribution in [0.3, 0.4) is 0 Å². The monoisotopic (exact) mass is 421 g/mol. The zero-order valence-corrected chi connectivity index (χ0v) is 18.2. The van der Waals surface area contributed by atoms with E-state index in [4.69, 9.17) is 9.47 Å². The number of carbonyl (C=O) groups excluding carboxylic acids is 1. The van der Waals surface area contributed by atoms with Gasteiger partial charge in [0.15, 0.2) is 11.5 Å². The van der Waals surface area contributed by atoms with Gasteiger partial charge < -0.3 is 14.8 Å². The smallest absolute Gasteiger partial charge is 0.262 e. The molecule has 1 aliphatic heterocycles. The first kappa shape index (κ1) is 20.9. The van der Waals surface area contributed by atoms with Crippen LogP contribution in [0.2, 0.25) is 0 Å². The quantitative estimate of drug-likeness (QED) is 0.681. The van der Waals surface area contributed by atoms with Crippen molar-refractivity contribution in [1.82, 2.24) is 14.9 Å². The van der Waals surface area contributed by atoms with Crippen molar-refractivity contribution in [2.45, 2.75) is 39.8 Å². The van der Waals surface area contributed by atoms with E-state index in [2.05, 4.69) is 10.3 Å². The topological polar surface area (TPSA) is 82.5 Å². The second-order valence-corrected chi connectivity index (χ2v) is 8.16. The van der Waals surface area contributed by atoms with Crippen molar-refractivity contribution in [2.24, 2.45) is 5.92 Å². The summed E-state index contributed by atoms with van der Waals surface area (Å²) in [7, 11) is 0. The van der Waals surface area contributed by atoms with Crippen molar-refractivity contribution in [3.05, 3.63) is 64.2 Å². The van der Waals surface area contributed by atoms with Gasteiger partial charge in [0.05, 0.1) is 16.9 Å². The third-order valence-corrected chi connectivity index (χ3v) is 5.64. The van der Waals surface area contributed by atoms with Gasteiger partial charge in [0.25, 0.3) is 5.56 Å². The Bertz CT molecular complexity index is 1190. The summed E-state index contributed by atoms with van der Waals surface area (Å²) in [4.78, 5) is 30.8. The van der Waals surface area contributed by atoms with E-state index < -0.39 is 6.04 Å². The predicted molar refractivity (Wildman–Crippen MR) is 119 cm³/mol. The molecule has 0 fully saturated rings. The standard InChI is InChI=1S/C24H27N3O4/c1-14(2)22(17-9-10-20-21(13-17)31-12-11-30-20)26-23(28)15(3)27-16(4)25-19-8-6-5-7-18(19)24(27)29/h5-10,13-15,22H,11-12H2,1-4H3,(H,26,28)/t15-,22+/m1/s1. The van der Waals surface area contributed by atoms with E-state index in [1.165, 1.54) is 4.57 Å². The van der Waals surface area contributed by atoms with Crippen molar-refractivity contribution < 1.29 is 14.3 Å². The van der Waals surface area contributed by atoms with E-state index in [1.807, 2.05) is 38.1 Å². The lowest BCUT2D eigenvalue weighted by atomic mass is 9.95. The Hall–Kier alpha value is -3.35. The molecule has 0 aliphatic carbocycles. The molecule has 2 aromatic carbocycles. The van der Waals surface area contributed by atoms with Crippen LogP contribution in [0.5, 0.6) is 11.5 Å². The fourth-order valence-corrected chi connectivity index (χ4v) is 3.99. The van der Waals surface area contributed by atoms with Crippen molar-refractivity contribution in [3.8, 4) is 11.5 Å². The molecular formula is C24H27N3O4. The van der Waals surface area contributed by atoms with E-state index in [1.54, 1.807) is 32.0 Å². The Morgan fingerprint density at radius 3 is 2.52 bits per heavy atom. The van der Waals surface area contributed by atoms with Crippen molar-refractivity contribution in [2.75, 3.05) is 13.2 Å². The third-order valence-electron chi connectivity index (χ3n) is 5.64. The number of para-hydroxylation sites is 1. The average molecular weight is 421 g/mol. The van der Waals surface area contributed by atoms with E-state index in [0.717, 1.165) is 5.56 Å². The zero-order valence-electron chi connectivity index (χ0n) is 18.2. The zero-order chi connectivity index (χ0) is 22.1. The highest BCUT2D eigenvalue weighted by atomic mass is 16.6. The number of nitrogens with one attached hydrogen (secondary N) is 1. The number of benzene rings is 2. The molecule has 4 rings (SSSR count). The average Bonchev–Trinajstić information content (AvgIpc) is 2.76. The van der Waals surface area contributed by atoms with E-state index in [0.29, 0.717) is 41.4 Å². The van der Waals surface area contributed by atoms with Crippen LogP contribution in [0.1, 0.15) is 44.2 Å². The summed E-state index contributed by atoms with van der Waals surface area (Å²) in [5, 5.41) is 3.62. The van der Waals surface area contributed by atoms with Gasteiger partial charge in [-0.25, -0.2) is 4.98 Å². The minimum Gasteiger partial charge on any atom is -0.486 e. The Morgan fingerprint density at radius 1 is 1.06 bits per heavy atom. The highest BCUT2D eigenvalue weighted by Gasteiger charge is 2.26. The van der Waals surface area contributed by atoms with Gasteiger partial charge in [-0.2, -0.15) is 0 Å². The molecule has 0 bridgehead atoms. The maximum absolute atomic E-state index is 13.2. The molecule has 0 spiro atoms. The first-order chi connectivity index (χ1) is 14.9. The number of fused-ring (bicyclic) bond motifs is 2. The molecule has 1 N–H and O–H groups in total. The summed E-state index contributed by atoms with van der Waals surface area (Å²) >= 11 is 0. The SMILES string of the molecule is Cc1nc2ccccc2c(=O)n1[C@H](C)C(=O)N[C@H](c1ccc2c(c1)OCCO2)C(C)C. The second-order valence-electron chi connectivity index (χ2n) is 8.16. The van der Waals surface area contributed by atoms with Crippen LogP contribution >= 0.6 is 0 Å². The van der Waals surface area contributed by atoms with Gasteiger partial charge in [-0.05, 0) is 49.6 Å². The number of hydrogen-bond acceptors (Lipinski definition) is 5. The number of rotatable bonds is 5. The Labute approximate surface area is 181 Å². The van der Waals surface area contributed by atoms with Crippen LogP contribution in [0.4, 0.5) is 0 Å². The van der Waals surface area contributed by atoms with Crippen LogP contribution in [-0.2, 0) is 4.79 Å². The fraction of sp³-hybridized carbons (Fsp3) is 0.375. The van der Waals surface area contributed by atoms with Gasteiger partial charge >= 0.3 is 0 Å². The molecule has 1 aliphatic rings. The Balaban J connectivity index is 1.63. The summed E-state index contributed by atoms with van der Waals surface area (Å²) < 4.78 is 12.8. The van der Waals surface area contributed by atoms with Crippen molar-refractivity contribution in [1.29, 1.82) is 0 Å². The number of carbonyl (C=O) groups is 1. The number of aryl methyl sites for hydroxylation is 1. The maximum atomic E-state index is 13.2. The molecule has 0 radical (unpaired) electrons. The number of aromatic nitrogens is 2. The summed E-state index contributed by atoms with van der Waals surface area (Å²) in [6, 6.07) is 12.0. The molecule has 1 aromatic heterocycles. The molecule has 7 nitrogen and oxygen atoms in total. The molecule has 7 heteroatoms. The van der Waals surface area contributed by atoms with E-state index >= 15 is 0 Å². The normalized spacial score (nSPS) is 15.0. The van der Waals surface area contributed by atoms with Crippen molar-refractivity contribution >= 4 is 16.8 Å². The number of ether oxygens (including phenoxy) is 2. The van der Waals surface area contributed by atoms with Gasteiger partial charge in [0.2, 0.25) is 5.91 Å². The summed E-state index contributed by atoms with van der Waals surface area (Å²) in [6.07, 6.45) is 0. The molecule has 2 atom stereocenters. The van der Waals surface area contributed by atoms with Gasteiger partial charge in [0, 0.05) is 0 Å². The lowest BCUT2D eigenvalue weighted by molar-refractivity contribution is -0.125. The first-order valence-electron chi connectivity index (χ1n) is 10.5. The minimum absolute atomic E-state index is 0.131. The van der Waals surface area contributed by atoms with Crippen LogP contribution in [-0.4, -0.2) is 28.7 Å². The van der Waals surface area contributed by atoms with E-state index in [-0.39, 0.29) is 23.4 Å². The fourth-order valence-electron chi connectivity index (χ4n) is 3.99. The van der Waals surface area contributed by atoms with E-state index in [9.17, 15) is 9.59 Å². The molecule has 0 unspecified atom stereocenters. The van der Waals surface area contributed by atoms with Crippen LogP contribution < -0.4 is 20.3 Å². The lowest BCUT2D eigenvalue weighted by Gasteiger charge is -2.27. The maximum Gasteiger partial charge on any atom is 0.262 e. The molecule has 1 amide bonds. The van der Waals surface area contributed by atoms with Gasteiger partial charge in [-0.3, -0.25) is 14.2 Å². The lowest BCUT2D eigenvalue weighted by Crippen LogP contribution is -2.40. The number of hydrogen-bond donors (Lipinski definition) is 1. The second kappa shape index (κ2) is 8.41. The third kappa shape index (κ3) is 4.00. The summed E-state index contributed by atoms with van der Waals surface area (Å²) in [6.45, 7) is 8.59.